The van der Waals surface area contributed by atoms with Crippen LogP contribution in [0.5, 0.6) is 0 Å². The molecule has 0 spiro atoms. The third kappa shape index (κ3) is 4.74. The highest BCUT2D eigenvalue weighted by molar-refractivity contribution is 9.10. The molecule has 0 atom stereocenters. The lowest BCUT2D eigenvalue weighted by molar-refractivity contribution is 0.363. The summed E-state index contributed by atoms with van der Waals surface area (Å²) >= 11 is 3.47. The summed E-state index contributed by atoms with van der Waals surface area (Å²) in [4.78, 5) is 2.23. The summed E-state index contributed by atoms with van der Waals surface area (Å²) in [6.45, 7) is 12.4. The van der Waals surface area contributed by atoms with Gasteiger partial charge in [0, 0.05) is 17.6 Å². The van der Waals surface area contributed by atoms with Crippen molar-refractivity contribution in [1.82, 2.24) is 4.90 Å². The maximum absolute atomic E-state index is 3.94. The van der Waals surface area contributed by atoms with E-state index >= 15 is 0 Å². The molecule has 0 radical (unpaired) electrons. The fraction of sp³-hybridized carbons (Fsp3) is 0.300. The molecule has 0 aliphatic heterocycles. The quantitative estimate of drug-likeness (QED) is 0.644. The molecular formula is C20H24BrN. The van der Waals surface area contributed by atoms with E-state index in [0.29, 0.717) is 0 Å². The summed E-state index contributed by atoms with van der Waals surface area (Å²) in [6.07, 6.45) is 1.92. The molecule has 2 rings (SSSR count). The fourth-order valence-electron chi connectivity index (χ4n) is 2.35. The van der Waals surface area contributed by atoms with Crippen LogP contribution in [0.2, 0.25) is 0 Å². The van der Waals surface area contributed by atoms with E-state index in [-0.39, 0.29) is 5.41 Å². The van der Waals surface area contributed by atoms with Crippen LogP contribution in [0.3, 0.4) is 0 Å². The number of hydrogen-bond donors (Lipinski definition) is 0. The van der Waals surface area contributed by atoms with E-state index in [9.17, 15) is 0 Å². The van der Waals surface area contributed by atoms with Gasteiger partial charge >= 0.3 is 0 Å². The molecule has 0 unspecified atom stereocenters. The van der Waals surface area contributed by atoms with Crippen LogP contribution in [0.1, 0.15) is 37.5 Å². The molecule has 0 saturated carbocycles. The van der Waals surface area contributed by atoms with Crippen molar-refractivity contribution in [1.29, 1.82) is 0 Å². The van der Waals surface area contributed by atoms with Crippen molar-refractivity contribution >= 4 is 15.9 Å². The second-order valence-electron chi connectivity index (χ2n) is 6.66. The molecule has 0 aliphatic rings. The second-order valence-corrected chi connectivity index (χ2v) is 7.58. The van der Waals surface area contributed by atoms with Crippen LogP contribution in [0.4, 0.5) is 0 Å². The number of nitrogens with zero attached hydrogens (tertiary/aromatic N) is 1. The molecule has 0 heterocycles. The first-order valence-electron chi connectivity index (χ1n) is 7.59. The van der Waals surface area contributed by atoms with E-state index in [2.05, 4.69) is 96.7 Å². The number of halogens is 1. The maximum atomic E-state index is 3.94. The molecule has 0 amide bonds. The van der Waals surface area contributed by atoms with Crippen LogP contribution < -0.4 is 0 Å². The summed E-state index contributed by atoms with van der Waals surface area (Å²) in [5, 5.41) is 0. The predicted octanol–water partition coefficient (Wildman–Crippen LogP) is 5.89. The number of benzene rings is 2. The van der Waals surface area contributed by atoms with Crippen molar-refractivity contribution in [2.75, 3.05) is 0 Å². The minimum Gasteiger partial charge on any atom is -0.369 e. The Morgan fingerprint density at radius 2 is 1.36 bits per heavy atom. The standard InChI is InChI=1S/C20H24BrN/c1-5-22(15-17-8-12-19(21)13-9-17)14-16-6-10-18(11-7-16)20(2,3)4/h5-13H,1,14-15H2,2-4H3. The lowest BCUT2D eigenvalue weighted by Gasteiger charge is -2.22. The molecular weight excluding hydrogens is 334 g/mol. The molecule has 0 saturated heterocycles. The van der Waals surface area contributed by atoms with Crippen molar-refractivity contribution in [2.45, 2.75) is 39.3 Å². The molecule has 0 aromatic heterocycles. The SMILES string of the molecule is C=CN(Cc1ccc(Br)cc1)Cc1ccc(C(C)(C)C)cc1. The van der Waals surface area contributed by atoms with Crippen molar-refractivity contribution in [3.05, 3.63) is 82.5 Å². The van der Waals surface area contributed by atoms with E-state index in [1.165, 1.54) is 16.7 Å². The Morgan fingerprint density at radius 3 is 1.77 bits per heavy atom. The summed E-state index contributed by atoms with van der Waals surface area (Å²) in [7, 11) is 0. The highest BCUT2D eigenvalue weighted by atomic mass is 79.9. The van der Waals surface area contributed by atoms with Crippen LogP contribution in [-0.4, -0.2) is 4.90 Å². The van der Waals surface area contributed by atoms with E-state index < -0.39 is 0 Å². The molecule has 0 fully saturated rings. The van der Waals surface area contributed by atoms with E-state index in [1.807, 2.05) is 6.20 Å². The zero-order chi connectivity index (χ0) is 16.2. The first-order valence-corrected chi connectivity index (χ1v) is 8.38. The smallest absolute Gasteiger partial charge is 0.0427 e. The molecule has 2 heteroatoms. The van der Waals surface area contributed by atoms with Crippen molar-refractivity contribution in [3.63, 3.8) is 0 Å². The minimum absolute atomic E-state index is 0.202. The molecule has 116 valence electrons. The van der Waals surface area contributed by atoms with Gasteiger partial charge in [-0.25, -0.2) is 0 Å². The van der Waals surface area contributed by atoms with Crippen LogP contribution in [0.15, 0.2) is 65.8 Å². The van der Waals surface area contributed by atoms with Gasteiger partial charge < -0.3 is 4.90 Å². The van der Waals surface area contributed by atoms with Crippen LogP contribution in [-0.2, 0) is 18.5 Å². The Kier molecular flexibility index (Phi) is 5.47. The van der Waals surface area contributed by atoms with Gasteiger partial charge in [-0.2, -0.15) is 0 Å². The summed E-state index contributed by atoms with van der Waals surface area (Å²) < 4.78 is 1.11. The Balaban J connectivity index is 2.03. The van der Waals surface area contributed by atoms with Gasteiger partial charge in [0.15, 0.2) is 0 Å². The number of hydrogen-bond acceptors (Lipinski definition) is 1. The molecule has 0 aliphatic carbocycles. The Labute approximate surface area is 142 Å². The minimum atomic E-state index is 0.202. The Bertz CT molecular complexity index is 606. The van der Waals surface area contributed by atoms with Gasteiger partial charge in [0.05, 0.1) is 0 Å². The van der Waals surface area contributed by atoms with Gasteiger partial charge in [-0.05, 0) is 40.4 Å². The van der Waals surface area contributed by atoms with Crippen molar-refractivity contribution < 1.29 is 0 Å². The van der Waals surface area contributed by atoms with Gasteiger partial charge in [-0.3, -0.25) is 0 Å². The van der Waals surface area contributed by atoms with Crippen LogP contribution in [0, 0.1) is 0 Å². The first-order chi connectivity index (χ1) is 10.4. The zero-order valence-electron chi connectivity index (χ0n) is 13.6. The third-order valence-electron chi connectivity index (χ3n) is 3.76. The molecule has 1 nitrogen and oxygen atoms in total. The van der Waals surface area contributed by atoms with Crippen molar-refractivity contribution in [2.24, 2.45) is 0 Å². The summed E-state index contributed by atoms with van der Waals surface area (Å²) in [6, 6.07) is 17.3. The molecule has 2 aromatic rings. The van der Waals surface area contributed by atoms with Gasteiger partial charge in [-0.1, -0.05) is 79.7 Å². The lowest BCUT2D eigenvalue weighted by atomic mass is 9.87. The normalized spacial score (nSPS) is 11.3. The van der Waals surface area contributed by atoms with E-state index in [0.717, 1.165) is 17.6 Å². The van der Waals surface area contributed by atoms with Crippen LogP contribution >= 0.6 is 15.9 Å². The van der Waals surface area contributed by atoms with E-state index in [1.54, 1.807) is 0 Å². The molecule has 0 N–H and O–H groups in total. The largest absolute Gasteiger partial charge is 0.369 e. The van der Waals surface area contributed by atoms with Gasteiger partial charge in [0.2, 0.25) is 0 Å². The fourth-order valence-corrected chi connectivity index (χ4v) is 2.62. The van der Waals surface area contributed by atoms with Crippen LogP contribution in [0.25, 0.3) is 0 Å². The Hall–Kier alpha value is -1.54. The molecule has 22 heavy (non-hydrogen) atoms. The Morgan fingerprint density at radius 1 is 0.909 bits per heavy atom. The monoisotopic (exact) mass is 357 g/mol. The average Bonchev–Trinajstić information content (AvgIpc) is 2.48. The van der Waals surface area contributed by atoms with E-state index in [4.69, 9.17) is 0 Å². The zero-order valence-corrected chi connectivity index (χ0v) is 15.2. The summed E-state index contributed by atoms with van der Waals surface area (Å²) in [5.74, 6) is 0. The third-order valence-corrected chi connectivity index (χ3v) is 4.29. The van der Waals surface area contributed by atoms with Gasteiger partial charge in [-0.15, -0.1) is 0 Å². The lowest BCUT2D eigenvalue weighted by Crippen LogP contribution is -2.16. The maximum Gasteiger partial charge on any atom is 0.0427 e. The first kappa shape index (κ1) is 16.8. The highest BCUT2D eigenvalue weighted by Gasteiger charge is 2.13. The average molecular weight is 358 g/mol. The highest BCUT2D eigenvalue weighted by Crippen LogP contribution is 2.23. The number of rotatable bonds is 5. The summed E-state index contributed by atoms with van der Waals surface area (Å²) in [5.41, 5.74) is 4.17. The molecule has 0 bridgehead atoms. The van der Waals surface area contributed by atoms with Crippen molar-refractivity contribution in [3.8, 4) is 0 Å². The second kappa shape index (κ2) is 7.15. The predicted molar refractivity (Wildman–Crippen MR) is 98.7 cm³/mol. The van der Waals surface area contributed by atoms with Gasteiger partial charge in [0.1, 0.15) is 0 Å². The topological polar surface area (TPSA) is 3.24 Å². The van der Waals surface area contributed by atoms with Gasteiger partial charge in [0.25, 0.3) is 0 Å². The molecule has 2 aromatic carbocycles.